The van der Waals surface area contributed by atoms with E-state index < -0.39 is 0 Å². The van der Waals surface area contributed by atoms with Crippen LogP contribution in [0, 0.1) is 0 Å². The number of nitrogens with zero attached hydrogens (tertiary/aromatic N) is 9. The van der Waals surface area contributed by atoms with E-state index in [1.807, 2.05) is 19.6 Å². The molecule has 0 saturated carbocycles. The highest BCUT2D eigenvalue weighted by Gasteiger charge is 2.64. The first-order valence-corrected chi connectivity index (χ1v) is 14.9. The van der Waals surface area contributed by atoms with Crippen molar-refractivity contribution in [2.45, 2.75) is 116 Å². The number of urea groups is 2. The molecule has 0 spiro atoms. The summed E-state index contributed by atoms with van der Waals surface area (Å²) in [7, 11) is 2.22. The van der Waals surface area contributed by atoms with Crippen molar-refractivity contribution in [2.24, 2.45) is 0 Å². The van der Waals surface area contributed by atoms with E-state index in [0.717, 1.165) is 32.5 Å². The van der Waals surface area contributed by atoms with Gasteiger partial charge in [0, 0.05) is 41.3 Å². The van der Waals surface area contributed by atoms with Crippen molar-refractivity contribution in [3.05, 3.63) is 0 Å². The smallest absolute Gasteiger partial charge is 0.296 e. The lowest BCUT2D eigenvalue weighted by molar-refractivity contribution is -0.191. The zero-order valence-corrected chi connectivity index (χ0v) is 25.9. The lowest BCUT2D eigenvalue weighted by atomic mass is 9.77. The SMILES string of the molecule is CCN1C(C)(C)CN(N2CN3C(=O)N4CN(C5CC(C)(C)N(C)C(C)(C)C5)CN5C(=O)N(C2)C3C45)CC1(C)C. The molecule has 0 aromatic heterocycles. The molecule has 6 aliphatic rings. The molecule has 6 aliphatic heterocycles. The summed E-state index contributed by atoms with van der Waals surface area (Å²) < 4.78 is 0. The Hall–Kier alpha value is -1.66. The number of piperidine rings is 1. The molecular weight excluding hydrogens is 494 g/mol. The maximum atomic E-state index is 14.0. The molecule has 4 amide bonds. The summed E-state index contributed by atoms with van der Waals surface area (Å²) in [6, 6.07) is 0.422. The van der Waals surface area contributed by atoms with Crippen LogP contribution in [0.3, 0.4) is 0 Å². The van der Waals surface area contributed by atoms with Gasteiger partial charge >= 0.3 is 12.1 Å². The predicted octanol–water partition coefficient (Wildman–Crippen LogP) is 2.34. The normalized spacial score (nSPS) is 32.6. The summed E-state index contributed by atoms with van der Waals surface area (Å²) in [6.07, 6.45) is 1.63. The lowest BCUT2D eigenvalue weighted by Gasteiger charge is -2.59. The summed E-state index contributed by atoms with van der Waals surface area (Å²) in [4.78, 5) is 43.2. The van der Waals surface area contributed by atoms with E-state index >= 15 is 0 Å². The zero-order valence-electron chi connectivity index (χ0n) is 25.9. The van der Waals surface area contributed by atoms with E-state index in [1.165, 1.54) is 0 Å². The molecule has 0 aliphatic carbocycles. The average molecular weight is 546 g/mol. The fourth-order valence-corrected chi connectivity index (χ4v) is 9.15. The van der Waals surface area contributed by atoms with Crippen LogP contribution in [-0.4, -0.2) is 150 Å². The maximum Gasteiger partial charge on any atom is 0.325 e. The number of likely N-dealkylation sites (tertiary alicyclic amines) is 1. The molecule has 0 aromatic rings. The first-order chi connectivity index (χ1) is 18.0. The number of carbonyl (C=O) groups excluding carboxylic acids is 2. The van der Waals surface area contributed by atoms with Crippen molar-refractivity contribution in [1.82, 2.24) is 44.3 Å². The number of amides is 4. The van der Waals surface area contributed by atoms with Crippen molar-refractivity contribution in [3.8, 4) is 0 Å². The van der Waals surface area contributed by atoms with Gasteiger partial charge in [0.15, 0.2) is 12.3 Å². The fraction of sp³-hybridized carbons (Fsp3) is 0.929. The Morgan fingerprint density at radius 2 is 1.05 bits per heavy atom. The van der Waals surface area contributed by atoms with E-state index in [2.05, 4.69) is 94.1 Å². The van der Waals surface area contributed by atoms with Crippen LogP contribution in [0.5, 0.6) is 0 Å². The third-order valence-electron chi connectivity index (χ3n) is 10.9. The molecule has 220 valence electrons. The second kappa shape index (κ2) is 8.44. The maximum absolute atomic E-state index is 14.0. The Balaban J connectivity index is 1.24. The van der Waals surface area contributed by atoms with Crippen molar-refractivity contribution in [3.63, 3.8) is 0 Å². The number of likely N-dealkylation sites (N-methyl/N-ethyl adjacent to an activating group) is 1. The van der Waals surface area contributed by atoms with Crippen LogP contribution in [0.4, 0.5) is 9.59 Å². The molecule has 39 heavy (non-hydrogen) atoms. The van der Waals surface area contributed by atoms with Crippen LogP contribution < -0.4 is 0 Å². The number of hydrazine groups is 1. The fourth-order valence-electron chi connectivity index (χ4n) is 9.15. The van der Waals surface area contributed by atoms with E-state index in [-0.39, 0.29) is 46.5 Å². The summed E-state index contributed by atoms with van der Waals surface area (Å²) in [5.74, 6) is 0. The Kier molecular flexibility index (Phi) is 5.95. The van der Waals surface area contributed by atoms with Crippen LogP contribution in [0.2, 0.25) is 0 Å². The van der Waals surface area contributed by atoms with Gasteiger partial charge in [-0.3, -0.25) is 34.3 Å². The van der Waals surface area contributed by atoms with Crippen LogP contribution in [0.25, 0.3) is 0 Å². The standard InChI is InChI=1S/C28H51N9O2/c1-11-37-27(6,7)14-31(15-28(37,8)9)32-18-35-22-21-33(23(35)38)16-30(17-34(21)24(39)36(22)19-32)20-12-25(2,3)29(10)26(4,5)13-20/h20-22H,11-19H2,1-10H3. The number of piperazine rings is 1. The van der Waals surface area contributed by atoms with Crippen molar-refractivity contribution < 1.29 is 9.59 Å². The summed E-state index contributed by atoms with van der Waals surface area (Å²) in [6.45, 7) is 25.6. The highest BCUT2D eigenvalue weighted by Crippen LogP contribution is 2.44. The topological polar surface area (TPSA) is 63.3 Å². The molecule has 0 unspecified atom stereocenters. The Morgan fingerprint density at radius 1 is 0.641 bits per heavy atom. The van der Waals surface area contributed by atoms with Crippen LogP contribution in [0.1, 0.15) is 75.2 Å². The van der Waals surface area contributed by atoms with Crippen molar-refractivity contribution in [2.75, 3.05) is 53.4 Å². The third kappa shape index (κ3) is 3.94. The minimum atomic E-state index is -0.202. The summed E-state index contributed by atoms with van der Waals surface area (Å²) >= 11 is 0. The summed E-state index contributed by atoms with van der Waals surface area (Å²) in [5, 5.41) is 4.64. The Labute approximate surface area is 235 Å². The Morgan fingerprint density at radius 3 is 1.46 bits per heavy atom. The third-order valence-corrected chi connectivity index (χ3v) is 10.9. The van der Waals surface area contributed by atoms with Gasteiger partial charge in [-0.1, -0.05) is 6.92 Å². The van der Waals surface area contributed by atoms with Gasteiger partial charge in [0.05, 0.1) is 26.7 Å². The molecule has 0 radical (unpaired) electrons. The van der Waals surface area contributed by atoms with Gasteiger partial charge in [0.1, 0.15) is 0 Å². The van der Waals surface area contributed by atoms with E-state index in [1.54, 1.807) is 0 Å². The van der Waals surface area contributed by atoms with Gasteiger partial charge in [-0.15, -0.1) is 0 Å². The van der Waals surface area contributed by atoms with Crippen LogP contribution >= 0.6 is 0 Å². The number of rotatable bonds is 3. The largest absolute Gasteiger partial charge is 0.325 e. The number of carbonyl (C=O) groups is 2. The first-order valence-electron chi connectivity index (χ1n) is 14.9. The second-order valence-electron chi connectivity index (χ2n) is 15.4. The quantitative estimate of drug-likeness (QED) is 0.540. The van der Waals surface area contributed by atoms with Gasteiger partial charge in [-0.25, -0.2) is 19.6 Å². The lowest BCUT2D eigenvalue weighted by Crippen LogP contribution is -2.73. The molecule has 6 saturated heterocycles. The van der Waals surface area contributed by atoms with Crippen LogP contribution in [0.15, 0.2) is 0 Å². The van der Waals surface area contributed by atoms with Gasteiger partial charge in [-0.05, 0) is 81.8 Å². The molecule has 0 atom stereocenters. The van der Waals surface area contributed by atoms with Gasteiger partial charge in [-0.2, -0.15) is 0 Å². The molecule has 6 rings (SSSR count). The predicted molar refractivity (Wildman–Crippen MR) is 150 cm³/mol. The average Bonchev–Trinajstić information content (AvgIpc) is 3.27. The van der Waals surface area contributed by atoms with Gasteiger partial charge in [0.25, 0.3) is 0 Å². The second-order valence-corrected chi connectivity index (χ2v) is 15.4. The van der Waals surface area contributed by atoms with Gasteiger partial charge in [0.2, 0.25) is 0 Å². The van der Waals surface area contributed by atoms with Crippen LogP contribution in [-0.2, 0) is 0 Å². The zero-order chi connectivity index (χ0) is 28.4. The van der Waals surface area contributed by atoms with Gasteiger partial charge < -0.3 is 0 Å². The molecule has 6 heterocycles. The minimum absolute atomic E-state index is 0.0143. The molecular formula is C28H51N9O2. The first kappa shape index (κ1) is 27.5. The molecule has 0 aromatic carbocycles. The monoisotopic (exact) mass is 545 g/mol. The van der Waals surface area contributed by atoms with E-state index in [0.29, 0.717) is 32.7 Å². The molecule has 0 bridgehead atoms. The molecule has 11 nitrogen and oxygen atoms in total. The molecule has 0 N–H and O–H groups in total. The Bertz CT molecular complexity index is 972. The van der Waals surface area contributed by atoms with E-state index in [9.17, 15) is 9.59 Å². The minimum Gasteiger partial charge on any atom is -0.296 e. The molecule has 6 fully saturated rings. The van der Waals surface area contributed by atoms with E-state index in [4.69, 9.17) is 0 Å². The highest BCUT2D eigenvalue weighted by molar-refractivity contribution is 5.85. The highest BCUT2D eigenvalue weighted by atomic mass is 16.2. The number of hydrogen-bond acceptors (Lipinski definition) is 7. The van der Waals surface area contributed by atoms with Crippen molar-refractivity contribution in [1.29, 1.82) is 0 Å². The van der Waals surface area contributed by atoms with Crippen molar-refractivity contribution >= 4 is 12.1 Å². The molecule has 11 heteroatoms. The summed E-state index contributed by atoms with van der Waals surface area (Å²) in [5.41, 5.74) is 0.0610. The number of hydrogen-bond donors (Lipinski definition) is 0.